The number of hydrogen-bond donors (Lipinski definition) is 0. The standard InChI is InChI=1S/C7H5Br2N/c1-2-7-6(9)3-5(8)4-10-7/h2-4H,1H2. The van der Waals surface area contributed by atoms with Gasteiger partial charge in [0.05, 0.1) is 5.69 Å². The van der Waals surface area contributed by atoms with E-state index in [0.29, 0.717) is 0 Å². The van der Waals surface area contributed by atoms with Gasteiger partial charge in [0, 0.05) is 15.1 Å². The van der Waals surface area contributed by atoms with Gasteiger partial charge in [-0.05, 0) is 44.0 Å². The number of halogens is 2. The molecule has 1 aromatic heterocycles. The van der Waals surface area contributed by atoms with Crippen LogP contribution >= 0.6 is 31.9 Å². The SMILES string of the molecule is C=Cc1ncc(Br)cc1Br. The van der Waals surface area contributed by atoms with Crippen molar-refractivity contribution in [3.8, 4) is 0 Å². The van der Waals surface area contributed by atoms with Crippen molar-refractivity contribution in [2.45, 2.75) is 0 Å². The highest BCUT2D eigenvalue weighted by Crippen LogP contribution is 2.19. The van der Waals surface area contributed by atoms with Crippen molar-refractivity contribution in [3.05, 3.63) is 33.5 Å². The first-order valence-corrected chi connectivity index (χ1v) is 4.26. The third-order valence-electron chi connectivity index (χ3n) is 1.03. The lowest BCUT2D eigenvalue weighted by Gasteiger charge is -1.95. The van der Waals surface area contributed by atoms with E-state index >= 15 is 0 Å². The van der Waals surface area contributed by atoms with Crippen molar-refractivity contribution in [2.75, 3.05) is 0 Å². The Morgan fingerprint density at radius 2 is 2.20 bits per heavy atom. The molecule has 1 rings (SSSR count). The Labute approximate surface area is 76.4 Å². The number of rotatable bonds is 1. The zero-order chi connectivity index (χ0) is 7.56. The van der Waals surface area contributed by atoms with Crippen molar-refractivity contribution in [1.82, 2.24) is 4.98 Å². The second-order valence-corrected chi connectivity index (χ2v) is 3.49. The molecule has 52 valence electrons. The van der Waals surface area contributed by atoms with Gasteiger partial charge in [-0.25, -0.2) is 0 Å². The van der Waals surface area contributed by atoms with E-state index < -0.39 is 0 Å². The molecule has 0 aliphatic heterocycles. The van der Waals surface area contributed by atoms with Crippen LogP contribution in [0.25, 0.3) is 6.08 Å². The van der Waals surface area contributed by atoms with Crippen LogP contribution in [-0.4, -0.2) is 4.98 Å². The van der Waals surface area contributed by atoms with Crippen LogP contribution in [0.4, 0.5) is 0 Å². The van der Waals surface area contributed by atoms with E-state index in [2.05, 4.69) is 43.4 Å². The summed E-state index contributed by atoms with van der Waals surface area (Å²) in [4.78, 5) is 4.08. The van der Waals surface area contributed by atoms with Crippen molar-refractivity contribution in [3.63, 3.8) is 0 Å². The van der Waals surface area contributed by atoms with Gasteiger partial charge in [-0.1, -0.05) is 6.58 Å². The lowest BCUT2D eigenvalue weighted by molar-refractivity contribution is 1.26. The van der Waals surface area contributed by atoms with Crippen LogP contribution in [0.5, 0.6) is 0 Å². The zero-order valence-corrected chi connectivity index (χ0v) is 8.31. The molecule has 0 saturated carbocycles. The zero-order valence-electron chi connectivity index (χ0n) is 5.14. The van der Waals surface area contributed by atoms with Crippen molar-refractivity contribution >= 4 is 37.9 Å². The maximum Gasteiger partial charge on any atom is 0.0766 e. The first-order chi connectivity index (χ1) is 4.74. The summed E-state index contributed by atoms with van der Waals surface area (Å²) in [7, 11) is 0. The minimum Gasteiger partial charge on any atom is -0.255 e. The lowest BCUT2D eigenvalue weighted by atomic mass is 10.3. The lowest BCUT2D eigenvalue weighted by Crippen LogP contribution is -1.80. The van der Waals surface area contributed by atoms with Gasteiger partial charge in [0.1, 0.15) is 0 Å². The fraction of sp³-hybridized carbons (Fsp3) is 0. The second kappa shape index (κ2) is 3.30. The molecular formula is C7H5Br2N. The maximum atomic E-state index is 4.08. The van der Waals surface area contributed by atoms with Crippen LogP contribution in [0.3, 0.4) is 0 Å². The van der Waals surface area contributed by atoms with E-state index in [4.69, 9.17) is 0 Å². The van der Waals surface area contributed by atoms with E-state index in [1.165, 1.54) is 0 Å². The molecule has 0 atom stereocenters. The number of nitrogens with zero attached hydrogens (tertiary/aromatic N) is 1. The molecule has 1 aromatic rings. The largest absolute Gasteiger partial charge is 0.255 e. The van der Waals surface area contributed by atoms with Gasteiger partial charge in [0.25, 0.3) is 0 Å². The molecule has 0 spiro atoms. The van der Waals surface area contributed by atoms with Gasteiger partial charge in [0.2, 0.25) is 0 Å². The minimum atomic E-state index is 0.864. The predicted octanol–water partition coefficient (Wildman–Crippen LogP) is 3.25. The maximum absolute atomic E-state index is 4.08. The Hall–Kier alpha value is -0.150. The topological polar surface area (TPSA) is 12.9 Å². The van der Waals surface area contributed by atoms with E-state index in [9.17, 15) is 0 Å². The molecule has 0 aliphatic rings. The molecule has 0 amide bonds. The highest BCUT2D eigenvalue weighted by molar-refractivity contribution is 9.11. The normalized spacial score (nSPS) is 9.40. The van der Waals surface area contributed by atoms with Gasteiger partial charge < -0.3 is 0 Å². The third-order valence-corrected chi connectivity index (χ3v) is 2.10. The summed E-state index contributed by atoms with van der Waals surface area (Å²) in [6.07, 6.45) is 3.44. The first-order valence-electron chi connectivity index (χ1n) is 2.67. The fourth-order valence-corrected chi connectivity index (χ4v) is 1.72. The Bertz CT molecular complexity index is 258. The summed E-state index contributed by atoms with van der Waals surface area (Å²) in [5.41, 5.74) is 0.864. The van der Waals surface area contributed by atoms with Crippen molar-refractivity contribution in [2.24, 2.45) is 0 Å². The second-order valence-electron chi connectivity index (χ2n) is 1.72. The summed E-state index contributed by atoms with van der Waals surface area (Å²) >= 11 is 6.64. The minimum absolute atomic E-state index is 0.864. The van der Waals surface area contributed by atoms with E-state index in [1.54, 1.807) is 12.3 Å². The number of hydrogen-bond acceptors (Lipinski definition) is 1. The van der Waals surface area contributed by atoms with Crippen LogP contribution < -0.4 is 0 Å². The molecular weight excluding hydrogens is 258 g/mol. The van der Waals surface area contributed by atoms with Gasteiger partial charge in [-0.15, -0.1) is 0 Å². The van der Waals surface area contributed by atoms with Crippen LogP contribution in [0.15, 0.2) is 27.8 Å². The van der Waals surface area contributed by atoms with Gasteiger partial charge in [-0.2, -0.15) is 0 Å². The molecule has 1 heterocycles. The molecule has 0 bridgehead atoms. The smallest absolute Gasteiger partial charge is 0.0766 e. The number of pyridine rings is 1. The first kappa shape index (κ1) is 7.95. The summed E-state index contributed by atoms with van der Waals surface area (Å²) in [6.45, 7) is 3.61. The van der Waals surface area contributed by atoms with Crippen molar-refractivity contribution in [1.29, 1.82) is 0 Å². The summed E-state index contributed by atoms with van der Waals surface area (Å²) < 4.78 is 1.92. The van der Waals surface area contributed by atoms with Crippen LogP contribution in [0.1, 0.15) is 5.69 Å². The number of aromatic nitrogens is 1. The van der Waals surface area contributed by atoms with E-state index in [1.807, 2.05) is 6.07 Å². The van der Waals surface area contributed by atoms with Crippen molar-refractivity contribution < 1.29 is 0 Å². The average molecular weight is 263 g/mol. The third kappa shape index (κ3) is 1.67. The Morgan fingerprint density at radius 3 is 2.70 bits per heavy atom. The molecule has 3 heteroatoms. The Morgan fingerprint density at radius 1 is 1.50 bits per heavy atom. The van der Waals surface area contributed by atoms with E-state index in [0.717, 1.165) is 14.6 Å². The predicted molar refractivity (Wildman–Crippen MR) is 49.7 cm³/mol. The molecule has 10 heavy (non-hydrogen) atoms. The highest BCUT2D eigenvalue weighted by Gasteiger charge is 1.95. The van der Waals surface area contributed by atoms with Crippen LogP contribution in [0, 0.1) is 0 Å². The molecule has 0 aliphatic carbocycles. The average Bonchev–Trinajstić information content (AvgIpc) is 1.88. The van der Waals surface area contributed by atoms with Gasteiger partial charge in [-0.3, -0.25) is 4.98 Å². The molecule has 0 unspecified atom stereocenters. The fourth-order valence-electron chi connectivity index (χ4n) is 0.575. The summed E-state index contributed by atoms with van der Waals surface area (Å²) in [6, 6.07) is 1.93. The Kier molecular flexibility index (Phi) is 2.63. The Balaban J connectivity index is 3.19. The van der Waals surface area contributed by atoms with E-state index in [-0.39, 0.29) is 0 Å². The molecule has 0 saturated heterocycles. The quantitative estimate of drug-likeness (QED) is 0.757. The highest BCUT2D eigenvalue weighted by atomic mass is 79.9. The summed E-state index contributed by atoms with van der Waals surface area (Å²) in [5.74, 6) is 0. The van der Waals surface area contributed by atoms with Crippen LogP contribution in [-0.2, 0) is 0 Å². The monoisotopic (exact) mass is 261 g/mol. The van der Waals surface area contributed by atoms with Gasteiger partial charge in [0.15, 0.2) is 0 Å². The van der Waals surface area contributed by atoms with Gasteiger partial charge >= 0.3 is 0 Å². The summed E-state index contributed by atoms with van der Waals surface area (Å²) in [5, 5.41) is 0. The molecule has 0 N–H and O–H groups in total. The molecule has 0 fully saturated rings. The molecule has 1 nitrogen and oxygen atoms in total. The molecule has 0 aromatic carbocycles. The van der Waals surface area contributed by atoms with Crippen LogP contribution in [0.2, 0.25) is 0 Å². The molecule has 0 radical (unpaired) electrons.